The summed E-state index contributed by atoms with van der Waals surface area (Å²) in [4.78, 5) is 13.4. The summed E-state index contributed by atoms with van der Waals surface area (Å²) in [5.41, 5.74) is 4.70. The van der Waals surface area contributed by atoms with E-state index in [1.165, 1.54) is 21.6 Å². The fourth-order valence-corrected chi connectivity index (χ4v) is 3.74. The van der Waals surface area contributed by atoms with E-state index in [-0.39, 0.29) is 6.03 Å². The summed E-state index contributed by atoms with van der Waals surface area (Å²) in [6.45, 7) is 4.48. The van der Waals surface area contributed by atoms with E-state index in [0.29, 0.717) is 12.4 Å². The molecule has 0 radical (unpaired) electrons. The molecule has 0 aliphatic heterocycles. The molecule has 2 amide bonds. The number of rotatable bonds is 6. The van der Waals surface area contributed by atoms with E-state index in [1.807, 2.05) is 22.8 Å². The fraction of sp³-hybridized carbons (Fsp3) is 0.286. The third-order valence-corrected chi connectivity index (χ3v) is 5.39. The summed E-state index contributed by atoms with van der Waals surface area (Å²) in [6.07, 6.45) is 0. The lowest BCUT2D eigenvalue weighted by Gasteiger charge is -2.14. The maximum absolute atomic E-state index is 11.9. The largest absolute Gasteiger partial charge is 0.331 e. The van der Waals surface area contributed by atoms with Crippen LogP contribution in [0.4, 0.5) is 4.79 Å². The van der Waals surface area contributed by atoms with Gasteiger partial charge in [-0.05, 0) is 37.1 Å². The first-order chi connectivity index (χ1) is 13.5. The minimum Gasteiger partial charge on any atom is -0.331 e. The highest BCUT2D eigenvalue weighted by molar-refractivity contribution is 7.98. The van der Waals surface area contributed by atoms with Crippen LogP contribution in [0.1, 0.15) is 22.5 Å². The number of nitrogens with zero attached hydrogens (tertiary/aromatic N) is 4. The van der Waals surface area contributed by atoms with Crippen molar-refractivity contribution in [2.75, 3.05) is 14.1 Å². The Labute approximate surface area is 170 Å². The Kier molecular flexibility index (Phi) is 6.36. The molecule has 28 heavy (non-hydrogen) atoms. The molecule has 0 atom stereocenters. The van der Waals surface area contributed by atoms with Crippen molar-refractivity contribution in [3.63, 3.8) is 0 Å². The highest BCUT2D eigenvalue weighted by Gasteiger charge is 2.16. The Morgan fingerprint density at radius 3 is 2.46 bits per heavy atom. The molecule has 1 aromatic heterocycles. The number of urea groups is 1. The van der Waals surface area contributed by atoms with Gasteiger partial charge in [0.2, 0.25) is 0 Å². The van der Waals surface area contributed by atoms with Gasteiger partial charge in [-0.25, -0.2) is 4.79 Å². The lowest BCUT2D eigenvalue weighted by molar-refractivity contribution is 0.216. The van der Waals surface area contributed by atoms with Crippen LogP contribution in [0.15, 0.2) is 53.7 Å². The zero-order valence-corrected chi connectivity index (χ0v) is 17.5. The first-order valence-electron chi connectivity index (χ1n) is 9.09. The number of aryl methyl sites for hydroxylation is 2. The normalized spacial score (nSPS) is 10.7. The van der Waals surface area contributed by atoms with Crippen LogP contribution in [0.25, 0.3) is 5.69 Å². The van der Waals surface area contributed by atoms with E-state index in [0.717, 1.165) is 16.6 Å². The average molecular weight is 396 g/mol. The molecular formula is C21H25N5OS. The van der Waals surface area contributed by atoms with Crippen molar-refractivity contribution in [3.8, 4) is 5.69 Å². The molecule has 3 rings (SSSR count). The molecule has 0 saturated carbocycles. The number of carbonyl (C=O) groups excluding carboxylic acids is 1. The van der Waals surface area contributed by atoms with Gasteiger partial charge in [0.1, 0.15) is 0 Å². The van der Waals surface area contributed by atoms with Crippen molar-refractivity contribution >= 4 is 17.8 Å². The van der Waals surface area contributed by atoms with E-state index in [1.54, 1.807) is 25.9 Å². The molecule has 3 aromatic rings. The van der Waals surface area contributed by atoms with E-state index >= 15 is 0 Å². The second-order valence-electron chi connectivity index (χ2n) is 6.84. The maximum Gasteiger partial charge on any atom is 0.317 e. The Hall–Kier alpha value is -2.80. The van der Waals surface area contributed by atoms with Crippen molar-refractivity contribution < 1.29 is 4.79 Å². The minimum atomic E-state index is -0.160. The maximum atomic E-state index is 11.9. The van der Waals surface area contributed by atoms with Gasteiger partial charge in [0.05, 0.1) is 6.54 Å². The lowest BCUT2D eigenvalue weighted by Crippen LogP contribution is -2.34. The molecule has 0 unspecified atom stereocenters. The zero-order chi connectivity index (χ0) is 20.1. The molecule has 2 aromatic carbocycles. The van der Waals surface area contributed by atoms with E-state index < -0.39 is 0 Å². The van der Waals surface area contributed by atoms with E-state index in [4.69, 9.17) is 0 Å². The van der Waals surface area contributed by atoms with Crippen LogP contribution < -0.4 is 5.32 Å². The van der Waals surface area contributed by atoms with E-state index in [2.05, 4.69) is 59.7 Å². The Morgan fingerprint density at radius 1 is 1.07 bits per heavy atom. The number of amides is 2. The van der Waals surface area contributed by atoms with Gasteiger partial charge in [0.15, 0.2) is 11.0 Å². The lowest BCUT2D eigenvalue weighted by atomic mass is 10.1. The van der Waals surface area contributed by atoms with Gasteiger partial charge in [0.25, 0.3) is 0 Å². The van der Waals surface area contributed by atoms with Crippen molar-refractivity contribution in [2.45, 2.75) is 31.3 Å². The summed E-state index contributed by atoms with van der Waals surface area (Å²) in [5, 5.41) is 12.4. The zero-order valence-electron chi connectivity index (χ0n) is 16.6. The molecule has 1 heterocycles. The first-order valence-corrected chi connectivity index (χ1v) is 10.1. The highest BCUT2D eigenvalue weighted by atomic mass is 32.2. The molecule has 7 heteroatoms. The van der Waals surface area contributed by atoms with Gasteiger partial charge in [0, 0.05) is 25.5 Å². The monoisotopic (exact) mass is 395 g/mol. The van der Waals surface area contributed by atoms with Crippen molar-refractivity contribution in [2.24, 2.45) is 0 Å². The molecule has 0 saturated heterocycles. The molecule has 0 aliphatic rings. The number of aromatic nitrogens is 3. The number of hydrogen-bond acceptors (Lipinski definition) is 4. The number of hydrogen-bond donors (Lipinski definition) is 1. The summed E-state index contributed by atoms with van der Waals surface area (Å²) in [7, 11) is 3.42. The third kappa shape index (κ3) is 4.72. The number of nitrogens with one attached hydrogen (secondary N) is 1. The first kappa shape index (κ1) is 19.9. The smallest absolute Gasteiger partial charge is 0.317 e. The van der Waals surface area contributed by atoms with E-state index in [9.17, 15) is 4.79 Å². The van der Waals surface area contributed by atoms with Crippen molar-refractivity contribution in [1.82, 2.24) is 25.0 Å². The Balaban J connectivity index is 1.87. The molecule has 146 valence electrons. The summed E-state index contributed by atoms with van der Waals surface area (Å²) < 4.78 is 2.01. The van der Waals surface area contributed by atoms with Gasteiger partial charge < -0.3 is 10.2 Å². The fourth-order valence-electron chi connectivity index (χ4n) is 2.69. The van der Waals surface area contributed by atoms with Crippen LogP contribution in [0, 0.1) is 13.8 Å². The Morgan fingerprint density at radius 2 is 1.79 bits per heavy atom. The van der Waals surface area contributed by atoms with Crippen LogP contribution >= 0.6 is 11.8 Å². The predicted molar refractivity (Wildman–Crippen MR) is 113 cm³/mol. The highest BCUT2D eigenvalue weighted by Crippen LogP contribution is 2.26. The topological polar surface area (TPSA) is 63.1 Å². The summed E-state index contributed by atoms with van der Waals surface area (Å²) >= 11 is 1.64. The molecule has 6 nitrogen and oxygen atoms in total. The van der Waals surface area contributed by atoms with Crippen LogP contribution in [-0.4, -0.2) is 39.8 Å². The third-order valence-electron chi connectivity index (χ3n) is 4.41. The molecule has 0 fully saturated rings. The van der Waals surface area contributed by atoms with Crippen LogP contribution in [0.2, 0.25) is 0 Å². The molecule has 0 bridgehead atoms. The van der Waals surface area contributed by atoms with Gasteiger partial charge in [-0.2, -0.15) is 0 Å². The molecular weight excluding hydrogens is 370 g/mol. The van der Waals surface area contributed by atoms with Gasteiger partial charge in [-0.3, -0.25) is 4.57 Å². The van der Waals surface area contributed by atoms with Crippen LogP contribution in [0.3, 0.4) is 0 Å². The van der Waals surface area contributed by atoms with Crippen LogP contribution in [0.5, 0.6) is 0 Å². The van der Waals surface area contributed by atoms with Crippen molar-refractivity contribution in [3.05, 3.63) is 71.0 Å². The minimum absolute atomic E-state index is 0.160. The standard InChI is InChI=1S/C21H25N5OS/c1-15-9-11-18(12-10-15)26-19(13-22-20(27)25(3)4)23-24-21(26)28-14-17-8-6-5-7-16(17)2/h5-12H,13-14H2,1-4H3,(H,22,27). The molecule has 1 N–H and O–H groups in total. The summed E-state index contributed by atoms with van der Waals surface area (Å²) in [5.74, 6) is 1.51. The molecule has 0 spiro atoms. The average Bonchev–Trinajstić information content (AvgIpc) is 3.08. The van der Waals surface area contributed by atoms with Crippen molar-refractivity contribution in [1.29, 1.82) is 0 Å². The second-order valence-corrected chi connectivity index (χ2v) is 7.78. The van der Waals surface area contributed by atoms with Gasteiger partial charge >= 0.3 is 6.03 Å². The second kappa shape index (κ2) is 8.93. The Bertz CT molecular complexity index is 950. The number of thioether (sulfide) groups is 1. The molecule has 0 aliphatic carbocycles. The number of benzene rings is 2. The SMILES string of the molecule is Cc1ccc(-n2c(CNC(=O)N(C)C)nnc2SCc2ccccc2C)cc1. The summed E-state index contributed by atoms with van der Waals surface area (Å²) in [6, 6.07) is 16.4. The van der Waals surface area contributed by atoms with Gasteiger partial charge in [-0.1, -0.05) is 53.7 Å². The van der Waals surface area contributed by atoms with Gasteiger partial charge in [-0.15, -0.1) is 10.2 Å². The quantitative estimate of drug-likeness (QED) is 0.642. The van der Waals surface area contributed by atoms with Crippen LogP contribution in [-0.2, 0) is 12.3 Å². The number of carbonyl (C=O) groups is 1. The predicted octanol–water partition coefficient (Wildman–Crippen LogP) is 3.95.